The summed E-state index contributed by atoms with van der Waals surface area (Å²) >= 11 is 0. The summed E-state index contributed by atoms with van der Waals surface area (Å²) in [5.74, 6) is 0.514. The third-order valence-electron chi connectivity index (χ3n) is 3.46. The highest BCUT2D eigenvalue weighted by atomic mass is 28.4. The van der Waals surface area contributed by atoms with Crippen LogP contribution in [0, 0.1) is 0 Å². The van der Waals surface area contributed by atoms with Crippen molar-refractivity contribution in [3.63, 3.8) is 0 Å². The van der Waals surface area contributed by atoms with Crippen molar-refractivity contribution in [2.45, 2.75) is 45.3 Å². The third kappa shape index (κ3) is 3.87. The molecule has 0 aromatic heterocycles. The fourth-order valence-electron chi connectivity index (χ4n) is 1.37. The molecule has 4 heteroatoms. The SMILES string of the molecule is CC(C)(C)[Si](C)(C)Oc1cccc(CC(N)=O)c1. The van der Waals surface area contributed by atoms with E-state index in [2.05, 4.69) is 33.9 Å². The third-order valence-corrected chi connectivity index (χ3v) is 7.81. The molecule has 2 N–H and O–H groups in total. The maximum absolute atomic E-state index is 10.9. The zero-order valence-corrected chi connectivity index (χ0v) is 12.9. The first-order chi connectivity index (χ1) is 8.12. The number of primary amides is 1. The van der Waals surface area contributed by atoms with E-state index >= 15 is 0 Å². The van der Waals surface area contributed by atoms with E-state index in [9.17, 15) is 4.79 Å². The highest BCUT2D eigenvalue weighted by Crippen LogP contribution is 2.37. The molecule has 0 spiro atoms. The predicted molar refractivity (Wildman–Crippen MR) is 77.2 cm³/mol. The molecule has 0 aliphatic carbocycles. The molecule has 100 valence electrons. The van der Waals surface area contributed by atoms with Gasteiger partial charge in [0.05, 0.1) is 6.42 Å². The van der Waals surface area contributed by atoms with Gasteiger partial charge in [0, 0.05) is 0 Å². The predicted octanol–water partition coefficient (Wildman–Crippen LogP) is 3.10. The van der Waals surface area contributed by atoms with Crippen LogP contribution in [0.4, 0.5) is 0 Å². The summed E-state index contributed by atoms with van der Waals surface area (Å²) in [4.78, 5) is 10.9. The van der Waals surface area contributed by atoms with Crippen molar-refractivity contribution in [1.29, 1.82) is 0 Å². The summed E-state index contributed by atoms with van der Waals surface area (Å²) in [6, 6.07) is 7.64. The molecule has 0 saturated carbocycles. The number of hydrogen-bond acceptors (Lipinski definition) is 2. The van der Waals surface area contributed by atoms with E-state index in [0.717, 1.165) is 11.3 Å². The van der Waals surface area contributed by atoms with E-state index < -0.39 is 8.32 Å². The Kier molecular flexibility index (Phi) is 4.22. The molecule has 1 aromatic carbocycles. The lowest BCUT2D eigenvalue weighted by Gasteiger charge is -2.36. The number of hydrogen-bond donors (Lipinski definition) is 1. The van der Waals surface area contributed by atoms with Crippen LogP contribution in [0.15, 0.2) is 24.3 Å². The van der Waals surface area contributed by atoms with Gasteiger partial charge in [-0.05, 0) is 35.8 Å². The highest BCUT2D eigenvalue weighted by molar-refractivity contribution is 6.74. The Balaban J connectivity index is 2.89. The minimum Gasteiger partial charge on any atom is -0.543 e. The van der Waals surface area contributed by atoms with Crippen LogP contribution >= 0.6 is 0 Å². The van der Waals surface area contributed by atoms with Crippen LogP contribution in [-0.4, -0.2) is 14.2 Å². The maximum atomic E-state index is 10.9. The Morgan fingerprint density at radius 3 is 2.44 bits per heavy atom. The summed E-state index contributed by atoms with van der Waals surface area (Å²) in [6.45, 7) is 11.0. The number of rotatable bonds is 4. The molecule has 0 bridgehead atoms. The molecule has 18 heavy (non-hydrogen) atoms. The van der Waals surface area contributed by atoms with Gasteiger partial charge in [0.2, 0.25) is 14.2 Å². The monoisotopic (exact) mass is 265 g/mol. The summed E-state index contributed by atoms with van der Waals surface area (Å²) < 4.78 is 6.18. The molecule has 0 unspecified atom stereocenters. The molecule has 0 aliphatic rings. The smallest absolute Gasteiger partial charge is 0.250 e. The van der Waals surface area contributed by atoms with Crippen molar-refractivity contribution in [3.8, 4) is 5.75 Å². The summed E-state index contributed by atoms with van der Waals surface area (Å²) in [6.07, 6.45) is 0.259. The Hall–Kier alpha value is -1.29. The molecule has 1 amide bonds. The van der Waals surface area contributed by atoms with Gasteiger partial charge in [-0.15, -0.1) is 0 Å². The van der Waals surface area contributed by atoms with E-state index in [4.69, 9.17) is 10.2 Å². The lowest BCUT2D eigenvalue weighted by atomic mass is 10.1. The number of nitrogens with two attached hydrogens (primary N) is 1. The topological polar surface area (TPSA) is 52.3 Å². The van der Waals surface area contributed by atoms with E-state index in [-0.39, 0.29) is 17.4 Å². The molecular formula is C14H23NO2Si. The van der Waals surface area contributed by atoms with E-state index in [1.54, 1.807) is 0 Å². The van der Waals surface area contributed by atoms with Gasteiger partial charge in [-0.2, -0.15) is 0 Å². The van der Waals surface area contributed by atoms with E-state index in [1.807, 2.05) is 24.3 Å². The van der Waals surface area contributed by atoms with Crippen LogP contribution in [0.3, 0.4) is 0 Å². The molecule has 3 nitrogen and oxygen atoms in total. The first-order valence-corrected chi connectivity index (χ1v) is 9.09. The minimum absolute atomic E-state index is 0.159. The second-order valence-electron chi connectivity index (χ2n) is 6.15. The number of carbonyl (C=O) groups excluding carboxylic acids is 1. The van der Waals surface area contributed by atoms with Crippen LogP contribution in [0.2, 0.25) is 18.1 Å². The van der Waals surface area contributed by atoms with Gasteiger partial charge in [-0.25, -0.2) is 0 Å². The van der Waals surface area contributed by atoms with E-state index in [1.165, 1.54) is 0 Å². The number of benzene rings is 1. The molecule has 0 atom stereocenters. The standard InChI is InChI=1S/C14H23NO2Si/c1-14(2,3)18(4,5)17-12-8-6-7-11(9-12)10-13(15)16/h6-9H,10H2,1-5H3,(H2,15,16). The van der Waals surface area contributed by atoms with Gasteiger partial charge in [0.1, 0.15) is 5.75 Å². The maximum Gasteiger partial charge on any atom is 0.250 e. The molecule has 1 rings (SSSR count). The van der Waals surface area contributed by atoms with Gasteiger partial charge >= 0.3 is 0 Å². The molecule has 0 saturated heterocycles. The number of carbonyl (C=O) groups is 1. The first kappa shape index (κ1) is 14.8. The quantitative estimate of drug-likeness (QED) is 0.850. The summed E-state index contributed by atoms with van der Waals surface area (Å²) in [5.41, 5.74) is 6.10. The van der Waals surface area contributed by atoms with Crippen molar-refractivity contribution in [1.82, 2.24) is 0 Å². The van der Waals surface area contributed by atoms with Gasteiger partial charge < -0.3 is 10.2 Å². The van der Waals surface area contributed by atoms with Crippen molar-refractivity contribution < 1.29 is 9.22 Å². The fourth-order valence-corrected chi connectivity index (χ4v) is 2.39. The van der Waals surface area contributed by atoms with Crippen molar-refractivity contribution in [2.24, 2.45) is 5.73 Å². The molecular weight excluding hydrogens is 242 g/mol. The average molecular weight is 265 g/mol. The van der Waals surface area contributed by atoms with Gasteiger partial charge in [0.25, 0.3) is 0 Å². The molecule has 0 fully saturated rings. The van der Waals surface area contributed by atoms with Gasteiger partial charge in [-0.3, -0.25) is 4.79 Å². The lowest BCUT2D eigenvalue weighted by Crippen LogP contribution is -2.43. The molecule has 1 aromatic rings. The zero-order valence-electron chi connectivity index (χ0n) is 11.9. The second kappa shape index (κ2) is 5.14. The van der Waals surface area contributed by atoms with Crippen molar-refractivity contribution >= 4 is 14.2 Å². The van der Waals surface area contributed by atoms with Crippen molar-refractivity contribution in [2.75, 3.05) is 0 Å². The van der Waals surface area contributed by atoms with Gasteiger partial charge in [0.15, 0.2) is 0 Å². The van der Waals surface area contributed by atoms with Crippen LogP contribution in [-0.2, 0) is 11.2 Å². The summed E-state index contributed by atoms with van der Waals surface area (Å²) in [7, 11) is -1.82. The van der Waals surface area contributed by atoms with E-state index in [0.29, 0.717) is 0 Å². The lowest BCUT2D eigenvalue weighted by molar-refractivity contribution is -0.117. The zero-order chi connectivity index (χ0) is 14.0. The van der Waals surface area contributed by atoms with Gasteiger partial charge in [-0.1, -0.05) is 32.9 Å². The average Bonchev–Trinajstić information content (AvgIpc) is 2.14. The normalized spacial score (nSPS) is 12.3. The summed E-state index contributed by atoms with van der Waals surface area (Å²) in [5, 5.41) is 0.159. The Morgan fingerprint density at radius 2 is 1.94 bits per heavy atom. The van der Waals surface area contributed by atoms with Crippen LogP contribution in [0.25, 0.3) is 0 Å². The van der Waals surface area contributed by atoms with Crippen LogP contribution in [0.1, 0.15) is 26.3 Å². The Labute approximate surface area is 110 Å². The molecule has 0 heterocycles. The second-order valence-corrected chi connectivity index (χ2v) is 10.9. The molecule has 0 aliphatic heterocycles. The first-order valence-electron chi connectivity index (χ1n) is 6.18. The molecule has 0 radical (unpaired) electrons. The highest BCUT2D eigenvalue weighted by Gasteiger charge is 2.38. The van der Waals surface area contributed by atoms with Crippen LogP contribution < -0.4 is 10.2 Å². The number of amides is 1. The minimum atomic E-state index is -1.82. The Bertz CT molecular complexity index is 436. The largest absolute Gasteiger partial charge is 0.543 e. The van der Waals surface area contributed by atoms with Crippen molar-refractivity contribution in [3.05, 3.63) is 29.8 Å². The Morgan fingerprint density at radius 1 is 1.33 bits per heavy atom. The van der Waals surface area contributed by atoms with Crippen LogP contribution in [0.5, 0.6) is 5.75 Å². The fraction of sp³-hybridized carbons (Fsp3) is 0.500.